The number of aliphatic imine (C=N–C) groups is 3. The zero-order valence-corrected chi connectivity index (χ0v) is 14.3. The van der Waals surface area contributed by atoms with Crippen LogP contribution < -0.4 is 4.89 Å². The highest BCUT2D eigenvalue weighted by Gasteiger charge is 2.09. The number of aromatic hydroxyl groups is 1. The van der Waals surface area contributed by atoms with Crippen LogP contribution in [0.5, 0.6) is 11.5 Å². The SMILES string of the molecule is C=Nc1nc(N=C=Nc2c(O)ccc3cc(OOOS)ccc23)[nH]c1C#N. The predicted octanol–water partition coefficient (Wildman–Crippen LogP) is 3.70. The first-order chi connectivity index (χ1) is 13.2. The average molecular weight is 382 g/mol. The Morgan fingerprint density at radius 1 is 1.26 bits per heavy atom. The van der Waals surface area contributed by atoms with E-state index in [0.717, 1.165) is 0 Å². The first-order valence-corrected chi connectivity index (χ1v) is 7.56. The van der Waals surface area contributed by atoms with E-state index in [4.69, 9.17) is 10.1 Å². The van der Waals surface area contributed by atoms with Crippen LogP contribution in [0.25, 0.3) is 10.8 Å². The lowest BCUT2D eigenvalue weighted by Crippen LogP contribution is -1.92. The smallest absolute Gasteiger partial charge is 0.239 e. The first-order valence-electron chi connectivity index (χ1n) is 7.20. The van der Waals surface area contributed by atoms with Crippen LogP contribution >= 0.6 is 12.9 Å². The van der Waals surface area contributed by atoms with Gasteiger partial charge < -0.3 is 15.0 Å². The van der Waals surface area contributed by atoms with Crippen molar-refractivity contribution >= 4 is 53.9 Å². The van der Waals surface area contributed by atoms with Crippen LogP contribution in [0.3, 0.4) is 0 Å². The summed E-state index contributed by atoms with van der Waals surface area (Å²) in [5.41, 5.74) is 0.363. The van der Waals surface area contributed by atoms with E-state index in [2.05, 4.69) is 60.0 Å². The molecule has 0 saturated heterocycles. The summed E-state index contributed by atoms with van der Waals surface area (Å²) in [7, 11) is 0. The van der Waals surface area contributed by atoms with Crippen molar-refractivity contribution in [1.29, 1.82) is 5.26 Å². The number of hydrogen-bond acceptors (Lipinski definition) is 10. The van der Waals surface area contributed by atoms with Gasteiger partial charge in [0.25, 0.3) is 0 Å². The number of thiol groups is 1. The highest BCUT2D eigenvalue weighted by atomic mass is 32.1. The van der Waals surface area contributed by atoms with Gasteiger partial charge in [-0.3, -0.25) is 0 Å². The summed E-state index contributed by atoms with van der Waals surface area (Å²) in [4.78, 5) is 23.0. The molecule has 0 spiro atoms. The Bertz CT molecular complexity index is 1110. The van der Waals surface area contributed by atoms with Gasteiger partial charge in [0.2, 0.25) is 5.95 Å². The van der Waals surface area contributed by atoms with Crippen molar-refractivity contribution in [2.75, 3.05) is 0 Å². The van der Waals surface area contributed by atoms with Crippen LogP contribution in [0.1, 0.15) is 5.69 Å². The molecule has 3 rings (SSSR count). The monoisotopic (exact) mass is 382 g/mol. The van der Waals surface area contributed by atoms with E-state index in [9.17, 15) is 5.11 Å². The number of H-pyrrole nitrogens is 1. The fraction of sp³-hybridized carbons (Fsp3) is 0. The maximum atomic E-state index is 10.1. The number of phenolic OH excluding ortho intramolecular Hbond substituents is 1. The van der Waals surface area contributed by atoms with Gasteiger partial charge in [-0.1, -0.05) is 6.07 Å². The summed E-state index contributed by atoms with van der Waals surface area (Å²) in [5, 5.41) is 24.6. The van der Waals surface area contributed by atoms with E-state index in [1.807, 2.05) is 6.07 Å². The second-order valence-corrected chi connectivity index (χ2v) is 5.04. The average Bonchev–Trinajstić information content (AvgIpc) is 3.10. The van der Waals surface area contributed by atoms with Crippen LogP contribution in [0.4, 0.5) is 17.5 Å². The van der Waals surface area contributed by atoms with Gasteiger partial charge in [0.05, 0.1) is 0 Å². The minimum absolute atomic E-state index is 0.0700. The molecule has 10 nitrogen and oxygen atoms in total. The van der Waals surface area contributed by atoms with Crippen molar-refractivity contribution in [2.24, 2.45) is 15.0 Å². The number of hydrogen-bond donors (Lipinski definition) is 3. The molecular weight excluding hydrogens is 372 g/mol. The van der Waals surface area contributed by atoms with Crippen molar-refractivity contribution < 1.29 is 19.4 Å². The highest BCUT2D eigenvalue weighted by molar-refractivity contribution is 7.74. The highest BCUT2D eigenvalue weighted by Crippen LogP contribution is 2.36. The van der Waals surface area contributed by atoms with Crippen LogP contribution in [-0.2, 0) is 9.37 Å². The van der Waals surface area contributed by atoms with E-state index < -0.39 is 0 Å². The quantitative estimate of drug-likeness (QED) is 0.195. The summed E-state index contributed by atoms with van der Waals surface area (Å²) >= 11 is 3.39. The van der Waals surface area contributed by atoms with Crippen molar-refractivity contribution in [3.05, 3.63) is 36.0 Å². The van der Waals surface area contributed by atoms with Gasteiger partial charge in [-0.15, -0.1) is 9.33 Å². The molecule has 0 fully saturated rings. The lowest BCUT2D eigenvalue weighted by molar-refractivity contribution is -0.402. The largest absolute Gasteiger partial charge is 0.506 e. The van der Waals surface area contributed by atoms with Crippen LogP contribution in [0.2, 0.25) is 0 Å². The molecule has 0 radical (unpaired) electrons. The van der Waals surface area contributed by atoms with Crippen LogP contribution in [0, 0.1) is 11.3 Å². The normalized spacial score (nSPS) is 10.1. The Labute approximate surface area is 157 Å². The fourth-order valence-electron chi connectivity index (χ4n) is 2.22. The second kappa shape index (κ2) is 8.13. The van der Waals surface area contributed by atoms with Crippen molar-refractivity contribution in [1.82, 2.24) is 9.97 Å². The molecule has 0 aliphatic carbocycles. The Morgan fingerprint density at radius 2 is 2.11 bits per heavy atom. The summed E-state index contributed by atoms with van der Waals surface area (Å²) in [5.74, 6) is 0.498. The molecule has 27 heavy (non-hydrogen) atoms. The van der Waals surface area contributed by atoms with Crippen LogP contribution in [-0.4, -0.2) is 27.8 Å². The standard InChI is InChI=1S/C16H10N6O4S/c1-18-15-12(7-17)21-16(22-15)20-8-19-14-11-4-3-10(24-25-26-27)6-9(11)2-5-13(14)23/h2-6,23,27H,1H2,(H,21,22). The third-order valence-electron chi connectivity index (χ3n) is 3.35. The number of aromatic amines is 1. The second-order valence-electron chi connectivity index (χ2n) is 4.89. The Kier molecular flexibility index (Phi) is 5.46. The molecular formula is C16H10N6O4S. The third-order valence-corrected chi connectivity index (χ3v) is 3.41. The van der Waals surface area contributed by atoms with Gasteiger partial charge >= 0.3 is 0 Å². The third kappa shape index (κ3) is 3.95. The predicted molar refractivity (Wildman–Crippen MR) is 99.1 cm³/mol. The number of fused-ring (bicyclic) bond motifs is 1. The molecule has 0 atom stereocenters. The van der Waals surface area contributed by atoms with E-state index in [0.29, 0.717) is 16.5 Å². The Morgan fingerprint density at radius 3 is 2.81 bits per heavy atom. The molecule has 0 aliphatic heterocycles. The molecule has 1 heterocycles. The van der Waals surface area contributed by atoms with Gasteiger partial charge in [0.1, 0.15) is 23.5 Å². The number of aromatic nitrogens is 2. The summed E-state index contributed by atoms with van der Waals surface area (Å²) in [6.45, 7) is 3.32. The number of imidazole rings is 1. The zero-order chi connectivity index (χ0) is 19.2. The summed E-state index contributed by atoms with van der Waals surface area (Å²) in [6, 6.07) is 12.3. The molecule has 0 saturated carbocycles. The number of nitrogens with zero attached hydrogens (tertiary/aromatic N) is 5. The minimum Gasteiger partial charge on any atom is -0.506 e. The van der Waals surface area contributed by atoms with Crippen molar-refractivity contribution in [3.63, 3.8) is 0 Å². The zero-order valence-electron chi connectivity index (χ0n) is 13.4. The van der Waals surface area contributed by atoms with E-state index >= 15 is 0 Å². The maximum Gasteiger partial charge on any atom is 0.239 e. The Hall–Kier alpha value is -3.68. The number of rotatable bonds is 6. The number of nitriles is 1. The number of nitrogens with one attached hydrogen (secondary N) is 1. The van der Waals surface area contributed by atoms with Gasteiger partial charge in [-0.2, -0.15) is 15.2 Å². The molecule has 0 bridgehead atoms. The topological polar surface area (TPSA) is 137 Å². The van der Waals surface area contributed by atoms with Crippen LogP contribution in [0.15, 0.2) is 45.3 Å². The van der Waals surface area contributed by atoms with E-state index in [1.54, 1.807) is 24.3 Å². The lowest BCUT2D eigenvalue weighted by Gasteiger charge is -2.05. The molecule has 11 heteroatoms. The van der Waals surface area contributed by atoms with E-state index in [-0.39, 0.29) is 28.9 Å². The molecule has 0 amide bonds. The molecule has 2 aromatic carbocycles. The molecule has 0 unspecified atom stereocenters. The fourth-order valence-corrected chi connectivity index (χ4v) is 2.25. The summed E-state index contributed by atoms with van der Waals surface area (Å²) < 4.78 is 4.07. The Balaban J connectivity index is 1.97. The van der Waals surface area contributed by atoms with Gasteiger partial charge in [-0.25, -0.2) is 4.99 Å². The maximum absolute atomic E-state index is 10.1. The van der Waals surface area contributed by atoms with Gasteiger partial charge in [0, 0.05) is 18.3 Å². The summed E-state index contributed by atoms with van der Waals surface area (Å²) in [6.07, 6.45) is 0. The number of benzene rings is 2. The van der Waals surface area contributed by atoms with Crippen molar-refractivity contribution in [2.45, 2.75) is 0 Å². The first kappa shape index (κ1) is 18.1. The minimum atomic E-state index is -0.0700. The van der Waals surface area contributed by atoms with Gasteiger partial charge in [0.15, 0.2) is 17.3 Å². The van der Waals surface area contributed by atoms with Gasteiger partial charge in [-0.05, 0) is 41.4 Å². The van der Waals surface area contributed by atoms with Crippen molar-refractivity contribution in [3.8, 4) is 17.6 Å². The molecule has 3 aromatic rings. The molecule has 0 aliphatic rings. The lowest BCUT2D eigenvalue weighted by atomic mass is 10.1. The molecule has 134 valence electrons. The molecule has 2 N–H and O–H groups in total. The van der Waals surface area contributed by atoms with E-state index in [1.165, 1.54) is 6.07 Å². The number of phenols is 1. The molecule has 1 aromatic heterocycles.